The number of hydrogen-bond acceptors (Lipinski definition) is 4. The molecule has 0 bridgehead atoms. The van der Waals surface area contributed by atoms with Gasteiger partial charge in [0, 0.05) is 27.5 Å². The van der Waals surface area contributed by atoms with Crippen LogP contribution in [-0.2, 0) is 26.3 Å². The van der Waals surface area contributed by atoms with Crippen molar-refractivity contribution < 1.29 is 14.4 Å². The van der Waals surface area contributed by atoms with Crippen molar-refractivity contribution in [3.63, 3.8) is 0 Å². The van der Waals surface area contributed by atoms with Gasteiger partial charge in [-0.05, 0) is 87.4 Å². The van der Waals surface area contributed by atoms with Gasteiger partial charge < -0.3 is 16.0 Å². The molecule has 1 aromatic heterocycles. The highest BCUT2D eigenvalue weighted by atomic mass is 32.1. The summed E-state index contributed by atoms with van der Waals surface area (Å²) in [6.07, 6.45) is 5.19. The predicted molar refractivity (Wildman–Crippen MR) is 143 cm³/mol. The zero-order chi connectivity index (χ0) is 25.2. The van der Waals surface area contributed by atoms with Crippen LogP contribution in [0.2, 0.25) is 0 Å². The number of nitrogens with one attached hydrogen (secondary N) is 3. The lowest BCUT2D eigenvalue weighted by atomic mass is 9.71. The van der Waals surface area contributed by atoms with E-state index in [9.17, 15) is 14.4 Å². The standard InChI is InChI=1S/C29H31N3O3S/c1-20-8-13-24(36-20)14-15-25(33)32-29(16-5-17-29)21-9-11-23(12-10-21)31-27(35)28(18-19-28)26(34)30-22-6-3-2-4-7-22/h2-4,6-13H,5,14-19H2,1H3,(H,30,34)(H,31,35)(H,32,33). The summed E-state index contributed by atoms with van der Waals surface area (Å²) in [5.74, 6) is -0.478. The fourth-order valence-corrected chi connectivity index (χ4v) is 5.67. The van der Waals surface area contributed by atoms with Gasteiger partial charge in [-0.3, -0.25) is 14.4 Å². The van der Waals surface area contributed by atoms with Gasteiger partial charge in [0.25, 0.3) is 0 Å². The van der Waals surface area contributed by atoms with E-state index in [1.807, 2.05) is 54.6 Å². The fourth-order valence-electron chi connectivity index (χ4n) is 4.78. The number of aryl methyl sites for hydroxylation is 2. The minimum Gasteiger partial charge on any atom is -0.347 e. The van der Waals surface area contributed by atoms with Gasteiger partial charge in [0.15, 0.2) is 0 Å². The van der Waals surface area contributed by atoms with Crippen LogP contribution in [0.4, 0.5) is 11.4 Å². The second-order valence-corrected chi connectivity index (χ2v) is 11.3. The molecule has 0 atom stereocenters. The Kier molecular flexibility index (Phi) is 6.67. The normalized spacial score (nSPS) is 16.9. The van der Waals surface area contributed by atoms with Gasteiger partial charge >= 0.3 is 0 Å². The highest BCUT2D eigenvalue weighted by Gasteiger charge is 2.56. The molecule has 2 aromatic carbocycles. The molecule has 0 aliphatic heterocycles. The van der Waals surface area contributed by atoms with Gasteiger partial charge in [0.05, 0.1) is 5.54 Å². The van der Waals surface area contributed by atoms with E-state index in [0.29, 0.717) is 30.6 Å². The van der Waals surface area contributed by atoms with Crippen molar-refractivity contribution in [2.75, 3.05) is 10.6 Å². The largest absolute Gasteiger partial charge is 0.347 e. The van der Waals surface area contributed by atoms with Crippen LogP contribution in [0.5, 0.6) is 0 Å². The highest BCUT2D eigenvalue weighted by molar-refractivity contribution is 7.11. The zero-order valence-electron chi connectivity index (χ0n) is 20.4. The van der Waals surface area contributed by atoms with E-state index in [1.165, 1.54) is 9.75 Å². The van der Waals surface area contributed by atoms with Crippen molar-refractivity contribution in [3.05, 3.63) is 82.0 Å². The number of anilines is 2. The van der Waals surface area contributed by atoms with Crippen molar-refractivity contribution >= 4 is 40.4 Å². The first-order chi connectivity index (χ1) is 17.4. The van der Waals surface area contributed by atoms with E-state index in [-0.39, 0.29) is 23.3 Å². The molecule has 0 radical (unpaired) electrons. The first-order valence-electron chi connectivity index (χ1n) is 12.5. The molecule has 7 heteroatoms. The van der Waals surface area contributed by atoms with Gasteiger partial charge in [-0.1, -0.05) is 30.3 Å². The zero-order valence-corrected chi connectivity index (χ0v) is 21.3. The topological polar surface area (TPSA) is 87.3 Å². The summed E-state index contributed by atoms with van der Waals surface area (Å²) in [5.41, 5.74) is 1.03. The maximum absolute atomic E-state index is 13.0. The molecule has 2 aliphatic rings. The molecule has 2 aliphatic carbocycles. The van der Waals surface area contributed by atoms with Crippen molar-refractivity contribution in [2.24, 2.45) is 5.41 Å². The summed E-state index contributed by atoms with van der Waals surface area (Å²) in [6, 6.07) is 21.0. The number of rotatable bonds is 9. The van der Waals surface area contributed by atoms with Crippen LogP contribution in [0.1, 0.15) is 53.8 Å². The highest BCUT2D eigenvalue weighted by Crippen LogP contribution is 2.48. The number of thiophene rings is 1. The molecule has 36 heavy (non-hydrogen) atoms. The minimum atomic E-state index is -1.02. The Labute approximate surface area is 215 Å². The van der Waals surface area contributed by atoms with Crippen LogP contribution in [0, 0.1) is 12.3 Å². The molecular formula is C29H31N3O3S. The van der Waals surface area contributed by atoms with Crippen molar-refractivity contribution in [2.45, 2.75) is 57.4 Å². The molecule has 3 aromatic rings. The molecule has 186 valence electrons. The van der Waals surface area contributed by atoms with Gasteiger partial charge in [0.2, 0.25) is 17.7 Å². The van der Waals surface area contributed by atoms with Crippen LogP contribution < -0.4 is 16.0 Å². The van der Waals surface area contributed by atoms with Crippen LogP contribution in [0.3, 0.4) is 0 Å². The Bertz CT molecular complexity index is 1260. The molecule has 1 heterocycles. The van der Waals surface area contributed by atoms with E-state index >= 15 is 0 Å². The average molecular weight is 502 g/mol. The molecule has 5 rings (SSSR count). The minimum absolute atomic E-state index is 0.0678. The lowest BCUT2D eigenvalue weighted by molar-refractivity contribution is -0.131. The van der Waals surface area contributed by atoms with Crippen LogP contribution in [0.25, 0.3) is 0 Å². The number of amides is 3. The summed E-state index contributed by atoms with van der Waals surface area (Å²) in [6.45, 7) is 2.08. The Hall–Kier alpha value is -3.45. The average Bonchev–Trinajstić information content (AvgIpc) is 3.57. The third-order valence-electron chi connectivity index (χ3n) is 7.33. The quantitative estimate of drug-likeness (QED) is 0.336. The SMILES string of the molecule is Cc1ccc(CCC(=O)NC2(c3ccc(NC(=O)C4(C(=O)Nc5ccccc5)CC4)cc3)CCC2)s1. The number of benzene rings is 2. The summed E-state index contributed by atoms with van der Waals surface area (Å²) >= 11 is 1.74. The number of hydrogen-bond donors (Lipinski definition) is 3. The van der Waals surface area contributed by atoms with E-state index < -0.39 is 5.41 Å². The maximum atomic E-state index is 13.0. The van der Waals surface area contributed by atoms with Gasteiger partial charge in [-0.15, -0.1) is 11.3 Å². The van der Waals surface area contributed by atoms with Gasteiger partial charge in [-0.2, -0.15) is 0 Å². The Balaban J connectivity index is 1.18. The van der Waals surface area contributed by atoms with Crippen molar-refractivity contribution in [1.82, 2.24) is 5.32 Å². The molecule has 0 spiro atoms. The molecule has 6 nitrogen and oxygen atoms in total. The Morgan fingerprint density at radius 1 is 0.806 bits per heavy atom. The molecule has 2 saturated carbocycles. The first-order valence-corrected chi connectivity index (χ1v) is 13.4. The summed E-state index contributed by atoms with van der Waals surface area (Å²) < 4.78 is 0. The Morgan fingerprint density at radius 2 is 1.44 bits per heavy atom. The lowest BCUT2D eigenvalue weighted by Crippen LogP contribution is -2.50. The van der Waals surface area contributed by atoms with Crippen molar-refractivity contribution in [3.8, 4) is 0 Å². The third kappa shape index (κ3) is 5.07. The monoisotopic (exact) mass is 501 g/mol. The smallest absolute Gasteiger partial charge is 0.240 e. The third-order valence-corrected chi connectivity index (χ3v) is 8.39. The second kappa shape index (κ2) is 9.90. The molecule has 3 N–H and O–H groups in total. The van der Waals surface area contributed by atoms with Crippen molar-refractivity contribution in [1.29, 1.82) is 0 Å². The Morgan fingerprint density at radius 3 is 1.97 bits per heavy atom. The van der Waals surface area contributed by atoms with E-state index in [0.717, 1.165) is 31.2 Å². The summed E-state index contributed by atoms with van der Waals surface area (Å²) in [7, 11) is 0. The maximum Gasteiger partial charge on any atom is 0.240 e. The molecule has 2 fully saturated rings. The molecule has 3 amide bonds. The van der Waals surface area contributed by atoms with Crippen LogP contribution in [0.15, 0.2) is 66.7 Å². The number of para-hydroxylation sites is 1. The number of carbonyl (C=O) groups is 3. The van der Waals surface area contributed by atoms with E-state index in [2.05, 4.69) is 35.0 Å². The number of carbonyl (C=O) groups excluding carboxylic acids is 3. The van der Waals surface area contributed by atoms with Gasteiger partial charge in [0.1, 0.15) is 5.41 Å². The molecule has 0 saturated heterocycles. The first kappa shape index (κ1) is 24.3. The van der Waals surface area contributed by atoms with E-state index in [1.54, 1.807) is 11.3 Å². The summed E-state index contributed by atoms with van der Waals surface area (Å²) in [5, 5.41) is 9.06. The predicted octanol–water partition coefficient (Wildman–Crippen LogP) is 5.54. The van der Waals surface area contributed by atoms with Crippen LogP contribution >= 0.6 is 11.3 Å². The molecule has 0 unspecified atom stereocenters. The second-order valence-electron chi connectivity index (χ2n) is 9.93. The van der Waals surface area contributed by atoms with Crippen LogP contribution in [-0.4, -0.2) is 17.7 Å². The molecular weight excluding hydrogens is 470 g/mol. The lowest BCUT2D eigenvalue weighted by Gasteiger charge is -2.43. The summed E-state index contributed by atoms with van der Waals surface area (Å²) in [4.78, 5) is 41.0. The van der Waals surface area contributed by atoms with Gasteiger partial charge in [-0.25, -0.2) is 0 Å². The fraction of sp³-hybridized carbons (Fsp3) is 0.345. The van der Waals surface area contributed by atoms with E-state index in [4.69, 9.17) is 0 Å².